The molecule has 0 aliphatic rings. The molecule has 8 heteroatoms. The fourth-order valence-electron chi connectivity index (χ4n) is 3.22. The van der Waals surface area contributed by atoms with Gasteiger partial charge in [-0.05, 0) is 36.9 Å². The van der Waals surface area contributed by atoms with Gasteiger partial charge in [-0.15, -0.1) is 11.3 Å². The molecule has 0 spiro atoms. The van der Waals surface area contributed by atoms with Crippen LogP contribution in [0, 0.1) is 25.2 Å². The van der Waals surface area contributed by atoms with Crippen LogP contribution in [0.15, 0.2) is 17.5 Å². The van der Waals surface area contributed by atoms with Crippen molar-refractivity contribution in [2.75, 3.05) is 20.0 Å². The average molecular weight is 383 g/mol. The average Bonchev–Trinajstić information content (AvgIpc) is 3.23. The predicted octanol–water partition coefficient (Wildman–Crippen LogP) is 3.31. The molecule has 0 saturated carbocycles. The van der Waals surface area contributed by atoms with E-state index in [0.717, 1.165) is 10.4 Å². The number of hydrogen-bond acceptors (Lipinski definition) is 7. The Balaban J connectivity index is 2.65. The van der Waals surface area contributed by atoms with Crippen LogP contribution in [0.2, 0.25) is 0 Å². The van der Waals surface area contributed by atoms with Crippen molar-refractivity contribution in [1.82, 2.24) is 4.40 Å². The van der Waals surface area contributed by atoms with Gasteiger partial charge in [-0.1, -0.05) is 0 Å². The van der Waals surface area contributed by atoms with Crippen LogP contribution in [-0.2, 0) is 9.47 Å². The summed E-state index contributed by atoms with van der Waals surface area (Å²) in [4.78, 5) is 26.1. The van der Waals surface area contributed by atoms with Crippen LogP contribution in [0.25, 0.3) is 16.0 Å². The number of nitrogens with zero attached hydrogens (tertiary/aromatic N) is 2. The van der Waals surface area contributed by atoms with E-state index in [9.17, 15) is 14.9 Å². The molecule has 0 bridgehead atoms. The zero-order valence-corrected chi connectivity index (χ0v) is 16.1. The van der Waals surface area contributed by atoms with Gasteiger partial charge in [-0.2, -0.15) is 5.26 Å². The van der Waals surface area contributed by atoms with Gasteiger partial charge in [0.05, 0.1) is 36.4 Å². The molecule has 0 fully saturated rings. The quantitative estimate of drug-likeness (QED) is 0.695. The van der Waals surface area contributed by atoms with Crippen LogP contribution in [0.3, 0.4) is 0 Å². The van der Waals surface area contributed by atoms with Crippen LogP contribution >= 0.6 is 11.3 Å². The molecule has 3 heterocycles. The van der Waals surface area contributed by atoms with E-state index in [-0.39, 0.29) is 22.5 Å². The maximum absolute atomic E-state index is 12.7. The second-order valence-corrected chi connectivity index (χ2v) is 6.82. The molecule has 3 aromatic heterocycles. The Kier molecular flexibility index (Phi) is 4.64. The van der Waals surface area contributed by atoms with Gasteiger partial charge in [0.15, 0.2) is 0 Å². The van der Waals surface area contributed by atoms with E-state index < -0.39 is 11.9 Å². The largest absolute Gasteiger partial charge is 0.465 e. The summed E-state index contributed by atoms with van der Waals surface area (Å²) in [6.07, 6.45) is 0. The SMILES string of the molecule is COC(=O)c1c(-c2sccc2C)c(C(=O)OC)c2cc(C#N)c(N)n2c1C. The first-order valence-corrected chi connectivity index (χ1v) is 8.83. The monoisotopic (exact) mass is 383 g/mol. The smallest absolute Gasteiger partial charge is 0.340 e. The van der Waals surface area contributed by atoms with Gasteiger partial charge in [0.1, 0.15) is 11.9 Å². The minimum atomic E-state index is -0.630. The molecule has 0 atom stereocenters. The van der Waals surface area contributed by atoms with E-state index in [1.807, 2.05) is 24.4 Å². The van der Waals surface area contributed by atoms with Gasteiger partial charge in [-0.3, -0.25) is 4.40 Å². The van der Waals surface area contributed by atoms with Crippen LogP contribution < -0.4 is 5.73 Å². The summed E-state index contributed by atoms with van der Waals surface area (Å²) < 4.78 is 11.5. The maximum atomic E-state index is 12.7. The van der Waals surface area contributed by atoms with E-state index in [2.05, 4.69) is 0 Å². The zero-order valence-electron chi connectivity index (χ0n) is 15.2. The molecule has 7 nitrogen and oxygen atoms in total. The van der Waals surface area contributed by atoms with Crippen molar-refractivity contribution in [1.29, 1.82) is 5.26 Å². The highest BCUT2D eigenvalue weighted by atomic mass is 32.1. The number of aryl methyl sites for hydroxylation is 2. The van der Waals surface area contributed by atoms with Gasteiger partial charge in [0.2, 0.25) is 0 Å². The highest BCUT2D eigenvalue weighted by Crippen LogP contribution is 2.40. The second kappa shape index (κ2) is 6.78. The molecule has 0 amide bonds. The Morgan fingerprint density at radius 2 is 1.81 bits per heavy atom. The van der Waals surface area contributed by atoms with Crippen molar-refractivity contribution in [2.24, 2.45) is 0 Å². The Hall–Kier alpha value is -3.31. The van der Waals surface area contributed by atoms with Crippen LogP contribution in [0.5, 0.6) is 0 Å². The van der Waals surface area contributed by atoms with E-state index in [1.54, 1.807) is 6.92 Å². The van der Waals surface area contributed by atoms with E-state index >= 15 is 0 Å². The van der Waals surface area contributed by atoms with Crippen molar-refractivity contribution in [3.63, 3.8) is 0 Å². The van der Waals surface area contributed by atoms with Gasteiger partial charge in [-0.25, -0.2) is 9.59 Å². The summed E-state index contributed by atoms with van der Waals surface area (Å²) in [5.41, 5.74) is 8.91. The minimum absolute atomic E-state index is 0.148. The molecule has 0 saturated heterocycles. The lowest BCUT2D eigenvalue weighted by Gasteiger charge is -2.18. The lowest BCUT2D eigenvalue weighted by molar-refractivity contribution is 0.0600. The third-order valence-electron chi connectivity index (χ3n) is 4.48. The number of carbonyl (C=O) groups is 2. The lowest BCUT2D eigenvalue weighted by atomic mass is 9.96. The maximum Gasteiger partial charge on any atom is 0.340 e. The number of pyridine rings is 1. The number of nitriles is 1. The number of fused-ring (bicyclic) bond motifs is 1. The van der Waals surface area contributed by atoms with Crippen LogP contribution in [0.4, 0.5) is 5.82 Å². The van der Waals surface area contributed by atoms with E-state index in [4.69, 9.17) is 15.2 Å². The summed E-state index contributed by atoms with van der Waals surface area (Å²) in [5.74, 6) is -1.08. The van der Waals surface area contributed by atoms with Gasteiger partial charge in [0, 0.05) is 16.1 Å². The summed E-state index contributed by atoms with van der Waals surface area (Å²) in [5, 5.41) is 11.2. The van der Waals surface area contributed by atoms with E-state index in [1.165, 1.54) is 36.0 Å². The fourth-order valence-corrected chi connectivity index (χ4v) is 4.21. The number of nitrogen functional groups attached to an aromatic ring is 1. The molecule has 27 heavy (non-hydrogen) atoms. The Morgan fingerprint density at radius 3 is 2.33 bits per heavy atom. The van der Waals surface area contributed by atoms with Crippen LogP contribution in [-0.4, -0.2) is 30.6 Å². The first-order valence-electron chi connectivity index (χ1n) is 7.96. The summed E-state index contributed by atoms with van der Waals surface area (Å²) >= 11 is 1.40. The number of anilines is 1. The Labute approximate surface area is 159 Å². The molecule has 0 unspecified atom stereocenters. The molecule has 2 N–H and O–H groups in total. The number of thiophene rings is 1. The first-order chi connectivity index (χ1) is 12.9. The third-order valence-corrected chi connectivity index (χ3v) is 5.51. The van der Waals surface area contributed by atoms with Gasteiger partial charge >= 0.3 is 11.9 Å². The summed E-state index contributed by atoms with van der Waals surface area (Å²) in [7, 11) is 2.54. The van der Waals surface area contributed by atoms with Crippen molar-refractivity contribution in [2.45, 2.75) is 13.8 Å². The van der Waals surface area contributed by atoms with Crippen molar-refractivity contribution in [3.05, 3.63) is 45.5 Å². The predicted molar refractivity (Wildman–Crippen MR) is 102 cm³/mol. The highest BCUT2D eigenvalue weighted by Gasteiger charge is 2.31. The normalized spacial score (nSPS) is 10.6. The van der Waals surface area contributed by atoms with Crippen molar-refractivity contribution >= 4 is 34.6 Å². The lowest BCUT2D eigenvalue weighted by Crippen LogP contribution is -2.16. The summed E-state index contributed by atoms with van der Waals surface area (Å²) in [6, 6.07) is 5.44. The molecule has 3 rings (SSSR count). The summed E-state index contributed by atoms with van der Waals surface area (Å²) in [6.45, 7) is 3.59. The number of ether oxygens (including phenoxy) is 2. The number of nitrogens with two attached hydrogens (primary N) is 1. The zero-order chi connectivity index (χ0) is 19.9. The number of rotatable bonds is 3. The molecule has 0 radical (unpaired) electrons. The Morgan fingerprint density at radius 1 is 1.19 bits per heavy atom. The number of hydrogen-bond donors (Lipinski definition) is 1. The molecule has 0 aliphatic carbocycles. The standard InChI is InChI=1S/C19H17N3O4S/c1-9-5-6-27-16(9)15-13(18(23)25-3)10(2)22-12(14(15)19(24)26-4)7-11(8-20)17(22)21/h5-7H,21H2,1-4H3. The van der Waals surface area contributed by atoms with Crippen molar-refractivity contribution < 1.29 is 19.1 Å². The first kappa shape index (κ1) is 18.5. The number of aromatic nitrogens is 1. The molecular weight excluding hydrogens is 366 g/mol. The fraction of sp³-hybridized carbons (Fsp3) is 0.211. The molecular formula is C19H17N3O4S. The molecule has 0 aliphatic heterocycles. The number of methoxy groups -OCH3 is 2. The van der Waals surface area contributed by atoms with E-state index in [0.29, 0.717) is 16.8 Å². The number of esters is 2. The molecule has 0 aromatic carbocycles. The molecule has 138 valence electrons. The van der Waals surface area contributed by atoms with Crippen LogP contribution in [0.1, 0.15) is 37.5 Å². The molecule has 3 aromatic rings. The van der Waals surface area contributed by atoms with Gasteiger partial charge < -0.3 is 15.2 Å². The van der Waals surface area contributed by atoms with Gasteiger partial charge in [0.25, 0.3) is 0 Å². The minimum Gasteiger partial charge on any atom is -0.465 e. The Bertz CT molecular complexity index is 1130. The third kappa shape index (κ3) is 2.64. The highest BCUT2D eigenvalue weighted by molar-refractivity contribution is 7.13. The number of carbonyl (C=O) groups excluding carboxylic acids is 2. The van der Waals surface area contributed by atoms with Crippen molar-refractivity contribution in [3.8, 4) is 16.5 Å². The second-order valence-electron chi connectivity index (χ2n) is 5.90. The topological polar surface area (TPSA) is 107 Å².